The lowest BCUT2D eigenvalue weighted by molar-refractivity contribution is 0.483. The standard InChI is InChI=1S/C22H16N6O/c23-14-16-5-4-6-18(13-16)26-22-27-21(15-24-28-22)25-17-9-11-20(12-10-17)29-19-7-2-1-3-8-19/h1-13,15H,(H2,25,26,27,28). The van der Waals surface area contributed by atoms with E-state index in [9.17, 15) is 0 Å². The quantitative estimate of drug-likeness (QED) is 0.485. The lowest BCUT2D eigenvalue weighted by Gasteiger charge is -2.09. The van der Waals surface area contributed by atoms with Gasteiger partial charge in [-0.1, -0.05) is 24.3 Å². The first-order valence-corrected chi connectivity index (χ1v) is 8.85. The molecule has 4 aromatic rings. The highest BCUT2D eigenvalue weighted by Gasteiger charge is 2.04. The number of nitrogens with zero attached hydrogens (tertiary/aromatic N) is 4. The highest BCUT2D eigenvalue weighted by Crippen LogP contribution is 2.24. The van der Waals surface area contributed by atoms with Crippen LogP contribution in [0.5, 0.6) is 11.5 Å². The number of ether oxygens (including phenoxy) is 1. The second kappa shape index (κ2) is 8.50. The third kappa shape index (κ3) is 4.84. The smallest absolute Gasteiger partial charge is 0.249 e. The van der Waals surface area contributed by atoms with Gasteiger partial charge in [-0.3, -0.25) is 0 Å². The van der Waals surface area contributed by atoms with Crippen LogP contribution in [0.1, 0.15) is 5.56 Å². The van der Waals surface area contributed by atoms with E-state index >= 15 is 0 Å². The molecule has 29 heavy (non-hydrogen) atoms. The van der Waals surface area contributed by atoms with E-state index < -0.39 is 0 Å². The first kappa shape index (κ1) is 17.9. The molecule has 0 aliphatic rings. The second-order valence-corrected chi connectivity index (χ2v) is 6.05. The van der Waals surface area contributed by atoms with Crippen LogP contribution in [-0.4, -0.2) is 15.2 Å². The summed E-state index contributed by atoms with van der Waals surface area (Å²) >= 11 is 0. The predicted molar refractivity (Wildman–Crippen MR) is 111 cm³/mol. The van der Waals surface area contributed by atoms with Gasteiger partial charge in [0.05, 0.1) is 17.8 Å². The molecule has 0 fully saturated rings. The Hall–Kier alpha value is -4.44. The summed E-state index contributed by atoms with van der Waals surface area (Å²) in [5.41, 5.74) is 2.10. The average molecular weight is 380 g/mol. The van der Waals surface area contributed by atoms with Gasteiger partial charge in [-0.15, -0.1) is 5.10 Å². The molecule has 0 atom stereocenters. The number of rotatable bonds is 6. The topological polar surface area (TPSA) is 95.8 Å². The van der Waals surface area contributed by atoms with Crippen molar-refractivity contribution in [3.05, 3.63) is 90.6 Å². The zero-order valence-electron chi connectivity index (χ0n) is 15.3. The molecule has 0 radical (unpaired) electrons. The molecule has 7 nitrogen and oxygen atoms in total. The van der Waals surface area contributed by atoms with E-state index in [0.29, 0.717) is 23.0 Å². The van der Waals surface area contributed by atoms with Crippen molar-refractivity contribution in [3.63, 3.8) is 0 Å². The van der Waals surface area contributed by atoms with Crippen molar-refractivity contribution in [2.24, 2.45) is 0 Å². The summed E-state index contributed by atoms with van der Waals surface area (Å²) in [6, 6.07) is 26.3. The number of aromatic nitrogens is 3. The van der Waals surface area contributed by atoms with E-state index in [-0.39, 0.29) is 0 Å². The maximum atomic E-state index is 9.00. The highest BCUT2D eigenvalue weighted by atomic mass is 16.5. The van der Waals surface area contributed by atoms with E-state index in [4.69, 9.17) is 10.00 Å². The molecule has 0 unspecified atom stereocenters. The fourth-order valence-electron chi connectivity index (χ4n) is 2.59. The van der Waals surface area contributed by atoms with E-state index in [0.717, 1.165) is 17.2 Å². The predicted octanol–water partition coefficient (Wildman–Crippen LogP) is 5.02. The summed E-state index contributed by atoms with van der Waals surface area (Å²) < 4.78 is 5.79. The van der Waals surface area contributed by atoms with Crippen molar-refractivity contribution < 1.29 is 4.74 Å². The summed E-state index contributed by atoms with van der Waals surface area (Å²) in [6.45, 7) is 0. The van der Waals surface area contributed by atoms with Crippen molar-refractivity contribution >= 4 is 23.1 Å². The molecular formula is C22H16N6O. The first-order chi connectivity index (χ1) is 14.3. The largest absolute Gasteiger partial charge is 0.457 e. The molecule has 0 saturated heterocycles. The van der Waals surface area contributed by atoms with E-state index in [1.807, 2.05) is 60.7 Å². The van der Waals surface area contributed by atoms with Crippen LogP contribution >= 0.6 is 0 Å². The number of anilines is 4. The second-order valence-electron chi connectivity index (χ2n) is 6.05. The molecule has 3 aromatic carbocycles. The van der Waals surface area contributed by atoms with E-state index in [1.165, 1.54) is 6.20 Å². The Kier molecular flexibility index (Phi) is 5.26. The Labute approximate surface area is 167 Å². The normalized spacial score (nSPS) is 10.0. The van der Waals surface area contributed by atoms with Crippen molar-refractivity contribution in [2.45, 2.75) is 0 Å². The van der Waals surface area contributed by atoms with Gasteiger partial charge in [-0.05, 0) is 54.6 Å². The third-order valence-electron chi connectivity index (χ3n) is 3.91. The lowest BCUT2D eigenvalue weighted by atomic mass is 10.2. The summed E-state index contributed by atoms with van der Waals surface area (Å²) in [6.07, 6.45) is 1.53. The van der Waals surface area contributed by atoms with Crippen molar-refractivity contribution in [1.29, 1.82) is 5.26 Å². The maximum Gasteiger partial charge on any atom is 0.249 e. The minimum absolute atomic E-state index is 0.328. The van der Waals surface area contributed by atoms with Crippen LogP contribution in [0.25, 0.3) is 0 Å². The van der Waals surface area contributed by atoms with Crippen molar-refractivity contribution in [2.75, 3.05) is 10.6 Å². The molecular weight excluding hydrogens is 364 g/mol. The van der Waals surface area contributed by atoms with Gasteiger partial charge in [0.2, 0.25) is 5.95 Å². The number of para-hydroxylation sites is 1. The van der Waals surface area contributed by atoms with Gasteiger partial charge in [-0.2, -0.15) is 15.3 Å². The summed E-state index contributed by atoms with van der Waals surface area (Å²) in [7, 11) is 0. The van der Waals surface area contributed by atoms with Crippen molar-refractivity contribution in [1.82, 2.24) is 15.2 Å². The summed E-state index contributed by atoms with van der Waals surface area (Å²) in [5, 5.41) is 23.2. The van der Waals surface area contributed by atoms with Gasteiger partial charge in [-0.25, -0.2) is 0 Å². The average Bonchev–Trinajstić information content (AvgIpc) is 2.76. The van der Waals surface area contributed by atoms with Crippen LogP contribution in [0.3, 0.4) is 0 Å². The van der Waals surface area contributed by atoms with Gasteiger partial charge in [0.15, 0.2) is 5.82 Å². The zero-order valence-corrected chi connectivity index (χ0v) is 15.3. The molecule has 4 rings (SSSR count). The number of hydrogen-bond donors (Lipinski definition) is 2. The minimum atomic E-state index is 0.328. The molecule has 0 saturated carbocycles. The molecule has 0 bridgehead atoms. The van der Waals surface area contributed by atoms with Crippen LogP contribution in [0.15, 0.2) is 85.1 Å². The van der Waals surface area contributed by atoms with E-state index in [1.54, 1.807) is 18.2 Å². The van der Waals surface area contributed by atoms with Gasteiger partial charge in [0, 0.05) is 11.4 Å². The molecule has 0 amide bonds. The fourth-order valence-corrected chi connectivity index (χ4v) is 2.59. The van der Waals surface area contributed by atoms with Gasteiger partial charge in [0.25, 0.3) is 0 Å². The Balaban J connectivity index is 1.43. The third-order valence-corrected chi connectivity index (χ3v) is 3.91. The molecule has 1 aromatic heterocycles. The first-order valence-electron chi connectivity index (χ1n) is 8.85. The molecule has 140 valence electrons. The molecule has 7 heteroatoms. The summed E-state index contributed by atoms with van der Waals surface area (Å²) in [5.74, 6) is 2.39. The molecule has 0 aliphatic carbocycles. The number of nitrogens with one attached hydrogen (secondary N) is 2. The molecule has 1 heterocycles. The van der Waals surface area contributed by atoms with Gasteiger partial charge >= 0.3 is 0 Å². The van der Waals surface area contributed by atoms with Crippen LogP contribution in [0.2, 0.25) is 0 Å². The number of hydrogen-bond acceptors (Lipinski definition) is 7. The Morgan fingerprint density at radius 3 is 2.38 bits per heavy atom. The molecule has 0 aliphatic heterocycles. The monoisotopic (exact) mass is 380 g/mol. The van der Waals surface area contributed by atoms with Gasteiger partial charge in [0.1, 0.15) is 11.5 Å². The maximum absolute atomic E-state index is 9.00. The SMILES string of the molecule is N#Cc1cccc(Nc2nncc(Nc3ccc(Oc4ccccc4)cc3)n2)c1. The van der Waals surface area contributed by atoms with Crippen LogP contribution in [0.4, 0.5) is 23.1 Å². The minimum Gasteiger partial charge on any atom is -0.457 e. The Morgan fingerprint density at radius 1 is 0.793 bits per heavy atom. The fraction of sp³-hybridized carbons (Fsp3) is 0. The van der Waals surface area contributed by atoms with Crippen LogP contribution in [0, 0.1) is 11.3 Å². The molecule has 0 spiro atoms. The Morgan fingerprint density at radius 2 is 1.59 bits per heavy atom. The molecule has 2 N–H and O–H groups in total. The van der Waals surface area contributed by atoms with Crippen LogP contribution in [-0.2, 0) is 0 Å². The Bertz CT molecular complexity index is 1140. The number of benzene rings is 3. The van der Waals surface area contributed by atoms with E-state index in [2.05, 4.69) is 31.9 Å². The highest BCUT2D eigenvalue weighted by molar-refractivity contribution is 5.60. The van der Waals surface area contributed by atoms with Crippen molar-refractivity contribution in [3.8, 4) is 17.6 Å². The van der Waals surface area contributed by atoms with Gasteiger partial charge < -0.3 is 15.4 Å². The summed E-state index contributed by atoms with van der Waals surface area (Å²) in [4.78, 5) is 4.40. The van der Waals surface area contributed by atoms with Crippen LogP contribution < -0.4 is 15.4 Å². The number of nitriles is 1. The zero-order chi connectivity index (χ0) is 19.9. The lowest BCUT2D eigenvalue weighted by Crippen LogP contribution is -2.02.